The first kappa shape index (κ1) is 18.7. The maximum atomic E-state index is 5.63. The molecule has 0 radical (unpaired) electrons. The molecule has 0 aliphatic carbocycles. The normalized spacial score (nSPS) is 19.9. The lowest BCUT2D eigenvalue weighted by Gasteiger charge is -2.49. The van der Waals surface area contributed by atoms with E-state index in [1.807, 2.05) is 30.3 Å². The van der Waals surface area contributed by atoms with Gasteiger partial charge in [0.15, 0.2) is 12.1 Å². The van der Waals surface area contributed by atoms with Crippen LogP contribution in [0, 0.1) is 0 Å². The molecule has 0 aromatic heterocycles. The fraction of sp³-hybridized carbons (Fsp3) is 0.208. The van der Waals surface area contributed by atoms with Crippen LogP contribution in [0.3, 0.4) is 0 Å². The monoisotopic (exact) mass is 399 g/mol. The van der Waals surface area contributed by atoms with Crippen LogP contribution in [0.25, 0.3) is 0 Å². The van der Waals surface area contributed by atoms with Crippen molar-refractivity contribution < 1.29 is 4.74 Å². The van der Waals surface area contributed by atoms with Gasteiger partial charge in [0, 0.05) is 18.7 Å². The topological polar surface area (TPSA) is 43.3 Å². The number of hydrogen-bond acceptors (Lipinski definition) is 6. The molecule has 152 valence electrons. The average molecular weight is 399 g/mol. The Morgan fingerprint density at radius 1 is 0.733 bits per heavy atom. The van der Waals surface area contributed by atoms with Crippen LogP contribution in [0.1, 0.15) is 5.56 Å². The van der Waals surface area contributed by atoms with Gasteiger partial charge in [-0.05, 0) is 24.3 Å². The molecule has 2 aliphatic rings. The Hall–Kier alpha value is -3.35. The highest BCUT2D eigenvalue weighted by Crippen LogP contribution is 2.28. The van der Waals surface area contributed by atoms with Crippen molar-refractivity contribution in [2.75, 3.05) is 36.3 Å². The number of rotatable bonds is 4. The SMILES string of the molecule is c1ccc(C2=NN(c3ccccc3)C(N3CCOCC3)N(c3ccccc3)N2)cc1. The highest BCUT2D eigenvalue weighted by Gasteiger charge is 2.37. The summed E-state index contributed by atoms with van der Waals surface area (Å²) < 4.78 is 5.63. The summed E-state index contributed by atoms with van der Waals surface area (Å²) in [7, 11) is 0. The number of amidine groups is 1. The van der Waals surface area contributed by atoms with E-state index in [1.54, 1.807) is 0 Å². The minimum atomic E-state index is -0.119. The maximum Gasteiger partial charge on any atom is 0.199 e. The summed E-state index contributed by atoms with van der Waals surface area (Å²) in [4.78, 5) is 2.40. The minimum Gasteiger partial charge on any atom is -0.379 e. The molecule has 0 amide bonds. The first-order valence-electron chi connectivity index (χ1n) is 10.3. The lowest BCUT2D eigenvalue weighted by Crippen LogP contribution is -2.67. The molecule has 30 heavy (non-hydrogen) atoms. The average Bonchev–Trinajstić information content (AvgIpc) is 2.85. The first-order valence-corrected chi connectivity index (χ1v) is 10.3. The molecular formula is C24H25N5O. The third kappa shape index (κ3) is 3.75. The smallest absolute Gasteiger partial charge is 0.199 e. The number of anilines is 2. The number of para-hydroxylation sites is 2. The second-order valence-corrected chi connectivity index (χ2v) is 7.31. The molecule has 0 bridgehead atoms. The number of hydrogen-bond donors (Lipinski definition) is 1. The van der Waals surface area contributed by atoms with E-state index in [0.717, 1.165) is 49.1 Å². The van der Waals surface area contributed by atoms with E-state index in [9.17, 15) is 0 Å². The Morgan fingerprint density at radius 3 is 1.93 bits per heavy atom. The van der Waals surface area contributed by atoms with E-state index >= 15 is 0 Å². The third-order valence-corrected chi connectivity index (χ3v) is 5.36. The summed E-state index contributed by atoms with van der Waals surface area (Å²) in [6.07, 6.45) is -0.119. The predicted molar refractivity (Wildman–Crippen MR) is 120 cm³/mol. The second-order valence-electron chi connectivity index (χ2n) is 7.31. The van der Waals surface area contributed by atoms with Crippen LogP contribution in [-0.4, -0.2) is 43.3 Å². The molecule has 6 heteroatoms. The first-order chi connectivity index (χ1) is 14.9. The van der Waals surface area contributed by atoms with E-state index in [4.69, 9.17) is 9.84 Å². The van der Waals surface area contributed by atoms with Crippen molar-refractivity contribution >= 4 is 17.2 Å². The van der Waals surface area contributed by atoms with Crippen molar-refractivity contribution in [3.05, 3.63) is 96.6 Å². The number of benzene rings is 3. The molecule has 5 rings (SSSR count). The molecule has 1 fully saturated rings. The maximum absolute atomic E-state index is 5.63. The molecular weight excluding hydrogens is 374 g/mol. The van der Waals surface area contributed by atoms with Crippen LogP contribution in [0.5, 0.6) is 0 Å². The molecule has 1 unspecified atom stereocenters. The number of hydrazone groups is 1. The zero-order chi connectivity index (χ0) is 20.2. The largest absolute Gasteiger partial charge is 0.379 e. The van der Waals surface area contributed by atoms with Crippen LogP contribution in [0.15, 0.2) is 96.1 Å². The van der Waals surface area contributed by atoms with Crippen molar-refractivity contribution in [2.24, 2.45) is 5.10 Å². The van der Waals surface area contributed by atoms with Gasteiger partial charge in [0.1, 0.15) is 0 Å². The number of ether oxygens (including phenoxy) is 1. The van der Waals surface area contributed by atoms with E-state index < -0.39 is 0 Å². The Balaban J connectivity index is 1.63. The van der Waals surface area contributed by atoms with E-state index in [1.165, 1.54) is 0 Å². The van der Waals surface area contributed by atoms with Crippen LogP contribution >= 0.6 is 0 Å². The molecule has 2 aliphatic heterocycles. The Bertz CT molecular complexity index is 974. The van der Waals surface area contributed by atoms with Gasteiger partial charge in [-0.2, -0.15) is 0 Å². The van der Waals surface area contributed by atoms with Gasteiger partial charge in [-0.1, -0.05) is 66.7 Å². The minimum absolute atomic E-state index is 0.119. The molecule has 6 nitrogen and oxygen atoms in total. The molecule has 3 aromatic carbocycles. The van der Waals surface area contributed by atoms with Crippen molar-refractivity contribution in [3.63, 3.8) is 0 Å². The summed E-state index contributed by atoms with van der Waals surface area (Å²) in [5.74, 6) is 0.813. The fourth-order valence-electron chi connectivity index (χ4n) is 3.87. The van der Waals surface area contributed by atoms with E-state index in [2.05, 4.69) is 81.0 Å². The van der Waals surface area contributed by atoms with Crippen molar-refractivity contribution in [1.82, 2.24) is 10.3 Å². The van der Waals surface area contributed by atoms with Crippen LogP contribution in [0.4, 0.5) is 11.4 Å². The molecule has 1 atom stereocenters. The number of hydrazine groups is 1. The Kier molecular flexibility index (Phi) is 5.33. The highest BCUT2D eigenvalue weighted by atomic mass is 16.5. The van der Waals surface area contributed by atoms with Crippen LogP contribution < -0.4 is 15.4 Å². The molecule has 0 saturated carbocycles. The summed E-state index contributed by atoms with van der Waals surface area (Å²) in [6.45, 7) is 3.12. The summed E-state index contributed by atoms with van der Waals surface area (Å²) in [5, 5.41) is 9.38. The van der Waals surface area contributed by atoms with Crippen LogP contribution in [-0.2, 0) is 4.74 Å². The summed E-state index contributed by atoms with van der Waals surface area (Å²) >= 11 is 0. The van der Waals surface area contributed by atoms with Crippen molar-refractivity contribution in [2.45, 2.75) is 6.29 Å². The zero-order valence-corrected chi connectivity index (χ0v) is 16.8. The van der Waals surface area contributed by atoms with Crippen molar-refractivity contribution in [3.8, 4) is 0 Å². The van der Waals surface area contributed by atoms with Gasteiger partial charge >= 0.3 is 0 Å². The zero-order valence-electron chi connectivity index (χ0n) is 16.8. The third-order valence-electron chi connectivity index (χ3n) is 5.36. The lowest BCUT2D eigenvalue weighted by atomic mass is 10.2. The van der Waals surface area contributed by atoms with Gasteiger partial charge in [0.2, 0.25) is 0 Å². The summed E-state index contributed by atoms with van der Waals surface area (Å²) in [6, 6.07) is 31.0. The fourth-order valence-corrected chi connectivity index (χ4v) is 3.87. The predicted octanol–water partition coefficient (Wildman–Crippen LogP) is 3.50. The molecule has 1 saturated heterocycles. The quantitative estimate of drug-likeness (QED) is 0.728. The van der Waals surface area contributed by atoms with Gasteiger partial charge in [-0.3, -0.25) is 10.3 Å². The lowest BCUT2D eigenvalue weighted by molar-refractivity contribution is 0.0129. The molecule has 3 aromatic rings. The van der Waals surface area contributed by atoms with Gasteiger partial charge in [-0.25, -0.2) is 10.0 Å². The van der Waals surface area contributed by atoms with Crippen molar-refractivity contribution in [1.29, 1.82) is 0 Å². The molecule has 1 N–H and O–H groups in total. The van der Waals surface area contributed by atoms with Gasteiger partial charge in [0.05, 0.1) is 24.6 Å². The van der Waals surface area contributed by atoms with E-state index in [-0.39, 0.29) is 6.29 Å². The Morgan fingerprint density at radius 2 is 1.30 bits per heavy atom. The number of nitrogens with one attached hydrogen (secondary N) is 1. The summed E-state index contributed by atoms with van der Waals surface area (Å²) in [5.41, 5.74) is 6.76. The Labute approximate surface area is 177 Å². The second kappa shape index (κ2) is 8.57. The van der Waals surface area contributed by atoms with Crippen LogP contribution in [0.2, 0.25) is 0 Å². The van der Waals surface area contributed by atoms with Gasteiger partial charge in [0.25, 0.3) is 0 Å². The highest BCUT2D eigenvalue weighted by molar-refractivity contribution is 6.01. The number of morpholine rings is 1. The standard InChI is InChI=1S/C24H25N5O/c1-4-10-20(11-5-1)23-25-28(21-12-6-2-7-13-21)24(27-16-18-30-19-17-27)29(26-23)22-14-8-3-9-15-22/h1-15,24H,16-19H2,(H,25,26). The molecule has 2 heterocycles. The van der Waals surface area contributed by atoms with Gasteiger partial charge in [-0.15, -0.1) is 5.10 Å². The molecule has 0 spiro atoms. The number of nitrogens with zero attached hydrogens (tertiary/aromatic N) is 4. The van der Waals surface area contributed by atoms with E-state index in [0.29, 0.717) is 0 Å². The van der Waals surface area contributed by atoms with Gasteiger partial charge < -0.3 is 4.74 Å².